The third-order valence-corrected chi connectivity index (χ3v) is 4.19. The third-order valence-electron chi connectivity index (χ3n) is 4.19. The second-order valence-electron chi connectivity index (χ2n) is 5.86. The Morgan fingerprint density at radius 1 is 1.23 bits per heavy atom. The number of aromatic nitrogens is 5. The van der Waals surface area contributed by atoms with Gasteiger partial charge >= 0.3 is 0 Å². The Balaban J connectivity index is 2.17. The predicted octanol–water partition coefficient (Wildman–Crippen LogP) is 1.42. The SMILES string of the molecule is COc1cccc(-c2c3c(=O)n(CCO)ccc3nc3nc(C)nn23)c1. The number of pyridine rings is 1. The fourth-order valence-corrected chi connectivity index (χ4v) is 3.04. The molecular formula is C18H17N5O3. The summed E-state index contributed by atoms with van der Waals surface area (Å²) in [5.41, 5.74) is 1.66. The van der Waals surface area contributed by atoms with Gasteiger partial charge in [0.1, 0.15) is 11.6 Å². The van der Waals surface area contributed by atoms with Gasteiger partial charge in [0.2, 0.25) is 0 Å². The van der Waals surface area contributed by atoms with Crippen LogP contribution in [0.15, 0.2) is 41.3 Å². The largest absolute Gasteiger partial charge is 0.497 e. The molecule has 26 heavy (non-hydrogen) atoms. The van der Waals surface area contributed by atoms with E-state index in [1.54, 1.807) is 30.8 Å². The lowest BCUT2D eigenvalue weighted by Gasteiger charge is -2.11. The van der Waals surface area contributed by atoms with Gasteiger partial charge in [0.15, 0.2) is 0 Å². The molecule has 0 spiro atoms. The van der Waals surface area contributed by atoms with E-state index in [1.165, 1.54) is 4.57 Å². The number of rotatable bonds is 4. The van der Waals surface area contributed by atoms with Crippen LogP contribution in [-0.2, 0) is 6.54 Å². The van der Waals surface area contributed by atoms with Crippen LogP contribution in [0.3, 0.4) is 0 Å². The lowest BCUT2D eigenvalue weighted by atomic mass is 10.1. The van der Waals surface area contributed by atoms with Gasteiger partial charge in [-0.25, -0.2) is 4.98 Å². The smallest absolute Gasteiger partial charge is 0.262 e. The summed E-state index contributed by atoms with van der Waals surface area (Å²) in [7, 11) is 1.59. The lowest BCUT2D eigenvalue weighted by molar-refractivity contribution is 0.274. The molecule has 0 aliphatic heterocycles. The number of ether oxygens (including phenoxy) is 1. The molecule has 3 heterocycles. The van der Waals surface area contributed by atoms with Crippen molar-refractivity contribution in [2.75, 3.05) is 13.7 Å². The number of methoxy groups -OCH3 is 1. The zero-order chi connectivity index (χ0) is 18.3. The van der Waals surface area contributed by atoms with Gasteiger partial charge in [-0.15, -0.1) is 5.10 Å². The first-order valence-electron chi connectivity index (χ1n) is 8.14. The van der Waals surface area contributed by atoms with Gasteiger partial charge in [0.25, 0.3) is 11.3 Å². The van der Waals surface area contributed by atoms with Gasteiger partial charge in [0, 0.05) is 18.3 Å². The third kappa shape index (κ3) is 2.51. The van der Waals surface area contributed by atoms with Gasteiger partial charge < -0.3 is 14.4 Å². The van der Waals surface area contributed by atoms with Crippen LogP contribution in [0.5, 0.6) is 5.75 Å². The minimum Gasteiger partial charge on any atom is -0.497 e. The summed E-state index contributed by atoms with van der Waals surface area (Å²) in [6.45, 7) is 1.86. The van der Waals surface area contributed by atoms with E-state index >= 15 is 0 Å². The molecule has 3 aromatic heterocycles. The van der Waals surface area contributed by atoms with E-state index in [4.69, 9.17) is 4.74 Å². The molecule has 4 rings (SSSR count). The molecule has 8 nitrogen and oxygen atoms in total. The number of aryl methyl sites for hydroxylation is 1. The van der Waals surface area contributed by atoms with Gasteiger partial charge in [0.05, 0.1) is 30.3 Å². The number of aliphatic hydroxyl groups is 1. The van der Waals surface area contributed by atoms with Crippen molar-refractivity contribution in [2.24, 2.45) is 0 Å². The van der Waals surface area contributed by atoms with E-state index in [0.717, 1.165) is 5.56 Å². The van der Waals surface area contributed by atoms with Gasteiger partial charge in [-0.3, -0.25) is 4.79 Å². The predicted molar refractivity (Wildman–Crippen MR) is 96.4 cm³/mol. The second kappa shape index (κ2) is 6.23. The van der Waals surface area contributed by atoms with Gasteiger partial charge in [-0.1, -0.05) is 12.1 Å². The van der Waals surface area contributed by atoms with Crippen molar-refractivity contribution in [3.05, 3.63) is 52.7 Å². The van der Waals surface area contributed by atoms with Crippen LogP contribution in [0.25, 0.3) is 27.9 Å². The summed E-state index contributed by atoms with van der Waals surface area (Å²) in [5.74, 6) is 1.66. The molecule has 132 valence electrons. The summed E-state index contributed by atoms with van der Waals surface area (Å²) in [5, 5.41) is 14.1. The van der Waals surface area contributed by atoms with E-state index in [-0.39, 0.29) is 18.7 Å². The molecule has 0 saturated heterocycles. The molecule has 1 N–H and O–H groups in total. The summed E-state index contributed by atoms with van der Waals surface area (Å²) < 4.78 is 8.36. The van der Waals surface area contributed by atoms with Crippen molar-refractivity contribution in [1.82, 2.24) is 24.1 Å². The highest BCUT2D eigenvalue weighted by Crippen LogP contribution is 2.28. The molecule has 0 atom stereocenters. The number of benzene rings is 1. The van der Waals surface area contributed by atoms with Crippen LogP contribution in [0.1, 0.15) is 5.82 Å². The highest BCUT2D eigenvalue weighted by Gasteiger charge is 2.18. The Morgan fingerprint density at radius 3 is 2.85 bits per heavy atom. The standard InChI is InChI=1S/C18H17N5O3/c1-11-19-18-20-14-6-7-22(8-9-24)17(25)15(14)16(23(18)21-11)12-4-3-5-13(10-12)26-2/h3-7,10,24H,8-9H2,1-2H3. The first-order chi connectivity index (χ1) is 12.6. The van der Waals surface area contributed by atoms with Crippen LogP contribution >= 0.6 is 0 Å². The Labute approximate surface area is 148 Å². The van der Waals surface area contributed by atoms with Crippen molar-refractivity contribution in [1.29, 1.82) is 0 Å². The van der Waals surface area contributed by atoms with Crippen LogP contribution in [-0.4, -0.2) is 43.0 Å². The lowest BCUT2D eigenvalue weighted by Crippen LogP contribution is -2.22. The summed E-state index contributed by atoms with van der Waals surface area (Å²) >= 11 is 0. The fourth-order valence-electron chi connectivity index (χ4n) is 3.04. The molecule has 4 aromatic rings. The molecular weight excluding hydrogens is 334 g/mol. The second-order valence-corrected chi connectivity index (χ2v) is 5.86. The minimum absolute atomic E-state index is 0.127. The van der Waals surface area contributed by atoms with E-state index in [9.17, 15) is 9.90 Å². The average Bonchev–Trinajstić information content (AvgIpc) is 3.02. The summed E-state index contributed by atoms with van der Waals surface area (Å²) in [6.07, 6.45) is 1.63. The van der Waals surface area contributed by atoms with Crippen molar-refractivity contribution >= 4 is 16.7 Å². The van der Waals surface area contributed by atoms with E-state index in [0.29, 0.717) is 33.9 Å². The number of hydrogen-bond donors (Lipinski definition) is 1. The Morgan fingerprint density at radius 2 is 2.08 bits per heavy atom. The Hall–Kier alpha value is -3.26. The molecule has 0 aliphatic rings. The molecule has 0 unspecified atom stereocenters. The molecule has 0 saturated carbocycles. The summed E-state index contributed by atoms with van der Waals surface area (Å²) in [4.78, 5) is 21.8. The molecule has 8 heteroatoms. The zero-order valence-electron chi connectivity index (χ0n) is 14.4. The minimum atomic E-state index is -0.239. The average molecular weight is 351 g/mol. The van der Waals surface area contributed by atoms with Crippen LogP contribution in [0.2, 0.25) is 0 Å². The number of aliphatic hydroxyl groups excluding tert-OH is 1. The number of fused-ring (bicyclic) bond motifs is 2. The van der Waals surface area contributed by atoms with Crippen molar-refractivity contribution in [2.45, 2.75) is 13.5 Å². The van der Waals surface area contributed by atoms with E-state index in [1.807, 2.05) is 24.3 Å². The highest BCUT2D eigenvalue weighted by atomic mass is 16.5. The molecule has 0 radical (unpaired) electrons. The molecule has 0 amide bonds. The molecule has 0 aliphatic carbocycles. The highest BCUT2D eigenvalue weighted by molar-refractivity contribution is 5.93. The first-order valence-corrected chi connectivity index (χ1v) is 8.14. The maximum Gasteiger partial charge on any atom is 0.262 e. The maximum absolute atomic E-state index is 13.0. The monoisotopic (exact) mass is 351 g/mol. The molecule has 0 bridgehead atoms. The van der Waals surface area contributed by atoms with Crippen molar-refractivity contribution in [3.8, 4) is 17.0 Å². The van der Waals surface area contributed by atoms with Crippen LogP contribution in [0.4, 0.5) is 0 Å². The van der Waals surface area contributed by atoms with Gasteiger partial charge in [-0.05, 0) is 25.1 Å². The summed E-state index contributed by atoms with van der Waals surface area (Å²) in [6, 6.07) is 9.16. The zero-order valence-corrected chi connectivity index (χ0v) is 14.4. The Kier molecular flexibility index (Phi) is 3.89. The first kappa shape index (κ1) is 16.2. The Bertz CT molecular complexity index is 1180. The van der Waals surface area contributed by atoms with Crippen LogP contribution < -0.4 is 10.3 Å². The quantitative estimate of drug-likeness (QED) is 0.597. The fraction of sp³-hybridized carbons (Fsp3) is 0.222. The normalized spacial score (nSPS) is 11.3. The van der Waals surface area contributed by atoms with E-state index in [2.05, 4.69) is 15.1 Å². The molecule has 1 aromatic carbocycles. The number of hydrogen-bond acceptors (Lipinski definition) is 6. The molecule has 0 fully saturated rings. The van der Waals surface area contributed by atoms with E-state index < -0.39 is 0 Å². The van der Waals surface area contributed by atoms with Crippen molar-refractivity contribution < 1.29 is 9.84 Å². The van der Waals surface area contributed by atoms with Gasteiger partial charge in [-0.2, -0.15) is 9.50 Å². The topological polar surface area (TPSA) is 94.5 Å². The van der Waals surface area contributed by atoms with Crippen LogP contribution in [0, 0.1) is 6.92 Å². The number of nitrogens with zero attached hydrogens (tertiary/aromatic N) is 5. The maximum atomic E-state index is 13.0. The van der Waals surface area contributed by atoms with Crippen molar-refractivity contribution in [3.63, 3.8) is 0 Å².